The molecule has 3 heteroatoms. The molecule has 0 aliphatic carbocycles. The summed E-state index contributed by atoms with van der Waals surface area (Å²) in [7, 11) is 0. The molecule has 0 aliphatic heterocycles. The summed E-state index contributed by atoms with van der Waals surface area (Å²) < 4.78 is 5.69. The van der Waals surface area contributed by atoms with Crippen molar-refractivity contribution in [3.8, 4) is 0 Å². The van der Waals surface area contributed by atoms with E-state index in [9.17, 15) is 0 Å². The van der Waals surface area contributed by atoms with Crippen molar-refractivity contribution in [1.29, 1.82) is 0 Å². The van der Waals surface area contributed by atoms with Crippen LogP contribution in [0.1, 0.15) is 0 Å². The van der Waals surface area contributed by atoms with E-state index in [1.165, 1.54) is 0 Å². The van der Waals surface area contributed by atoms with Crippen LogP contribution in [-0.4, -0.2) is 9.97 Å². The maximum absolute atomic E-state index is 5.69. The molecule has 17 heavy (non-hydrogen) atoms. The van der Waals surface area contributed by atoms with E-state index in [4.69, 9.17) is 4.42 Å². The third kappa shape index (κ3) is 1.16. The second-order valence-corrected chi connectivity index (χ2v) is 3.99. The standard InChI is InChI=1S/C14H8N2O/c1-2-5-11-9(4-1)8-10-13-12(6-3-7-15-13)17-14(10)16-11/h1-8H. The van der Waals surface area contributed by atoms with Crippen LogP contribution < -0.4 is 0 Å². The predicted octanol–water partition coefficient (Wildman–Crippen LogP) is 3.53. The topological polar surface area (TPSA) is 38.9 Å². The molecule has 3 aromatic heterocycles. The highest BCUT2D eigenvalue weighted by Crippen LogP contribution is 2.28. The summed E-state index contributed by atoms with van der Waals surface area (Å²) in [5.74, 6) is 0. The molecule has 3 nitrogen and oxygen atoms in total. The summed E-state index contributed by atoms with van der Waals surface area (Å²) >= 11 is 0. The van der Waals surface area contributed by atoms with E-state index in [1.807, 2.05) is 36.4 Å². The lowest BCUT2D eigenvalue weighted by Gasteiger charge is -1.95. The van der Waals surface area contributed by atoms with Gasteiger partial charge in [-0.3, -0.25) is 4.98 Å². The van der Waals surface area contributed by atoms with E-state index in [0.29, 0.717) is 5.71 Å². The highest BCUT2D eigenvalue weighted by Gasteiger charge is 2.09. The van der Waals surface area contributed by atoms with E-state index in [-0.39, 0.29) is 0 Å². The van der Waals surface area contributed by atoms with Crippen molar-refractivity contribution in [2.24, 2.45) is 0 Å². The molecule has 1 aromatic carbocycles. The van der Waals surface area contributed by atoms with Crippen LogP contribution in [0.3, 0.4) is 0 Å². The number of nitrogens with zero attached hydrogens (tertiary/aromatic N) is 2. The van der Waals surface area contributed by atoms with Gasteiger partial charge in [-0.1, -0.05) is 18.2 Å². The summed E-state index contributed by atoms with van der Waals surface area (Å²) in [5.41, 5.74) is 3.25. The monoisotopic (exact) mass is 220 g/mol. The number of hydrogen-bond acceptors (Lipinski definition) is 3. The molecular formula is C14H8N2O. The average Bonchev–Trinajstić information content (AvgIpc) is 2.73. The van der Waals surface area contributed by atoms with Crippen LogP contribution >= 0.6 is 0 Å². The minimum absolute atomic E-state index is 0.650. The molecule has 0 saturated carbocycles. The van der Waals surface area contributed by atoms with Crippen LogP contribution in [0.25, 0.3) is 33.1 Å². The Hall–Kier alpha value is -2.42. The van der Waals surface area contributed by atoms with E-state index >= 15 is 0 Å². The van der Waals surface area contributed by atoms with Gasteiger partial charge < -0.3 is 4.42 Å². The van der Waals surface area contributed by atoms with E-state index in [0.717, 1.165) is 27.4 Å². The van der Waals surface area contributed by atoms with Gasteiger partial charge in [-0.2, -0.15) is 0 Å². The molecule has 0 saturated heterocycles. The SMILES string of the molecule is c1ccc2nc3oc4cccnc4c3cc2c1. The molecule has 0 spiro atoms. The smallest absolute Gasteiger partial charge is 0.229 e. The molecule has 0 fully saturated rings. The Kier molecular flexibility index (Phi) is 1.56. The van der Waals surface area contributed by atoms with Crippen LogP contribution in [0.2, 0.25) is 0 Å². The molecule has 0 radical (unpaired) electrons. The number of rotatable bonds is 0. The van der Waals surface area contributed by atoms with Crippen molar-refractivity contribution in [2.75, 3.05) is 0 Å². The highest BCUT2D eigenvalue weighted by molar-refractivity contribution is 6.05. The third-order valence-corrected chi connectivity index (χ3v) is 2.92. The number of hydrogen-bond donors (Lipinski definition) is 0. The Morgan fingerprint density at radius 2 is 1.94 bits per heavy atom. The van der Waals surface area contributed by atoms with Crippen LogP contribution in [0.15, 0.2) is 53.1 Å². The summed E-state index contributed by atoms with van der Waals surface area (Å²) in [6.45, 7) is 0. The van der Waals surface area contributed by atoms with Gasteiger partial charge in [-0.15, -0.1) is 0 Å². The minimum atomic E-state index is 0.650. The summed E-state index contributed by atoms with van der Waals surface area (Å²) in [6.07, 6.45) is 1.77. The van der Waals surface area contributed by atoms with Crippen LogP contribution in [0, 0.1) is 0 Å². The molecule has 0 aliphatic rings. The second kappa shape index (κ2) is 3.04. The first kappa shape index (κ1) is 8.70. The molecule has 3 heterocycles. The van der Waals surface area contributed by atoms with Crippen LogP contribution in [0.5, 0.6) is 0 Å². The molecule has 4 aromatic rings. The van der Waals surface area contributed by atoms with E-state index in [2.05, 4.69) is 16.0 Å². The molecule has 4 rings (SSSR count). The highest BCUT2D eigenvalue weighted by atomic mass is 16.3. The molecule has 0 unspecified atom stereocenters. The van der Waals surface area contributed by atoms with Crippen molar-refractivity contribution in [1.82, 2.24) is 9.97 Å². The van der Waals surface area contributed by atoms with Gasteiger partial charge >= 0.3 is 0 Å². The third-order valence-electron chi connectivity index (χ3n) is 2.92. The van der Waals surface area contributed by atoms with Gasteiger partial charge in [0.05, 0.1) is 10.9 Å². The zero-order valence-corrected chi connectivity index (χ0v) is 8.92. The Morgan fingerprint density at radius 3 is 2.94 bits per heavy atom. The van der Waals surface area contributed by atoms with Crippen molar-refractivity contribution >= 4 is 33.1 Å². The summed E-state index contributed by atoms with van der Waals surface area (Å²) in [4.78, 5) is 8.85. The Morgan fingerprint density at radius 1 is 1.00 bits per heavy atom. The Bertz CT molecular complexity index is 842. The van der Waals surface area contributed by atoms with Gasteiger partial charge in [-0.25, -0.2) is 4.98 Å². The van der Waals surface area contributed by atoms with Gasteiger partial charge in [0.2, 0.25) is 5.71 Å². The van der Waals surface area contributed by atoms with Gasteiger partial charge in [-0.05, 0) is 24.3 Å². The van der Waals surface area contributed by atoms with Gasteiger partial charge in [0.15, 0.2) is 5.58 Å². The van der Waals surface area contributed by atoms with Crippen molar-refractivity contribution in [3.63, 3.8) is 0 Å². The number of benzene rings is 1. The number of para-hydroxylation sites is 1. The molecule has 0 N–H and O–H groups in total. The lowest BCUT2D eigenvalue weighted by atomic mass is 10.2. The lowest BCUT2D eigenvalue weighted by Crippen LogP contribution is -1.78. The lowest BCUT2D eigenvalue weighted by molar-refractivity contribution is 0.655. The molecule has 0 amide bonds. The predicted molar refractivity (Wildman–Crippen MR) is 66.8 cm³/mol. The maximum Gasteiger partial charge on any atom is 0.229 e. The fraction of sp³-hybridized carbons (Fsp3) is 0. The van der Waals surface area contributed by atoms with Crippen LogP contribution in [-0.2, 0) is 0 Å². The normalized spacial score (nSPS) is 11.5. The number of aromatic nitrogens is 2. The molecule has 0 atom stereocenters. The average molecular weight is 220 g/mol. The van der Waals surface area contributed by atoms with E-state index < -0.39 is 0 Å². The quantitative estimate of drug-likeness (QED) is 0.455. The first-order valence-electron chi connectivity index (χ1n) is 5.45. The minimum Gasteiger partial charge on any atom is -0.436 e. The zero-order chi connectivity index (χ0) is 11.2. The van der Waals surface area contributed by atoms with Gasteiger partial charge in [0.25, 0.3) is 0 Å². The number of furan rings is 1. The fourth-order valence-electron chi connectivity index (χ4n) is 2.13. The largest absolute Gasteiger partial charge is 0.436 e. The number of pyridine rings is 2. The van der Waals surface area contributed by atoms with Crippen molar-refractivity contribution in [2.45, 2.75) is 0 Å². The first-order valence-corrected chi connectivity index (χ1v) is 5.45. The molecular weight excluding hydrogens is 212 g/mol. The second-order valence-electron chi connectivity index (χ2n) is 3.99. The van der Waals surface area contributed by atoms with Crippen molar-refractivity contribution < 1.29 is 4.42 Å². The number of fused-ring (bicyclic) bond motifs is 4. The fourth-order valence-corrected chi connectivity index (χ4v) is 2.13. The Balaban J connectivity index is 2.28. The maximum atomic E-state index is 5.69. The van der Waals surface area contributed by atoms with Crippen molar-refractivity contribution in [3.05, 3.63) is 48.7 Å². The Labute approximate surface area is 96.7 Å². The van der Waals surface area contributed by atoms with E-state index in [1.54, 1.807) is 6.20 Å². The van der Waals surface area contributed by atoms with Gasteiger partial charge in [0.1, 0.15) is 5.52 Å². The molecule has 80 valence electrons. The summed E-state index contributed by atoms with van der Waals surface area (Å²) in [6, 6.07) is 13.9. The van der Waals surface area contributed by atoms with Gasteiger partial charge in [0, 0.05) is 11.6 Å². The zero-order valence-electron chi connectivity index (χ0n) is 8.92. The van der Waals surface area contributed by atoms with Crippen LogP contribution in [0.4, 0.5) is 0 Å². The summed E-state index contributed by atoms with van der Waals surface area (Å²) in [5, 5.41) is 2.08. The molecule has 0 bridgehead atoms. The first-order chi connectivity index (χ1) is 8.42.